The van der Waals surface area contributed by atoms with E-state index < -0.39 is 5.97 Å². The summed E-state index contributed by atoms with van der Waals surface area (Å²) in [7, 11) is 0. The van der Waals surface area contributed by atoms with Crippen LogP contribution in [0, 0.1) is 6.92 Å². The van der Waals surface area contributed by atoms with Crippen LogP contribution in [0.25, 0.3) is 0 Å². The summed E-state index contributed by atoms with van der Waals surface area (Å²) in [6.07, 6.45) is 0.0500. The van der Waals surface area contributed by atoms with Crippen molar-refractivity contribution in [3.05, 3.63) is 21.7 Å². The highest BCUT2D eigenvalue weighted by molar-refractivity contribution is 8.01. The quantitative estimate of drug-likeness (QED) is 0.839. The van der Waals surface area contributed by atoms with E-state index >= 15 is 0 Å². The molecule has 3 nitrogen and oxygen atoms in total. The molecule has 0 bridgehead atoms. The van der Waals surface area contributed by atoms with E-state index in [0.29, 0.717) is 0 Å². The monoisotopic (exact) mass is 277 g/mol. The number of carboxylic acids is 1. The van der Waals surface area contributed by atoms with Gasteiger partial charge in [-0.3, -0.25) is 4.79 Å². The summed E-state index contributed by atoms with van der Waals surface area (Å²) in [4.78, 5) is 15.7. The minimum Gasteiger partial charge on any atom is -0.481 e. The molecule has 16 heavy (non-hydrogen) atoms. The van der Waals surface area contributed by atoms with Gasteiger partial charge in [0.1, 0.15) is 0 Å². The highest BCUT2D eigenvalue weighted by Crippen LogP contribution is 2.28. The van der Waals surface area contributed by atoms with Crippen molar-refractivity contribution < 1.29 is 9.90 Å². The summed E-state index contributed by atoms with van der Waals surface area (Å²) in [5, 5.41) is 8.70. The molecule has 1 aromatic rings. The maximum Gasteiger partial charge on any atom is 0.308 e. The molecule has 1 rings (SSSR count). The molecular formula is C10H12ClNO2S2. The summed E-state index contributed by atoms with van der Waals surface area (Å²) in [5.74, 6) is -0.0386. The van der Waals surface area contributed by atoms with Gasteiger partial charge < -0.3 is 5.11 Å². The van der Waals surface area contributed by atoms with Crippen molar-refractivity contribution in [2.24, 2.45) is 0 Å². The van der Waals surface area contributed by atoms with Crippen molar-refractivity contribution in [2.75, 3.05) is 5.75 Å². The fourth-order valence-electron chi connectivity index (χ4n) is 0.972. The normalized spacial score (nSPS) is 11.8. The van der Waals surface area contributed by atoms with Crippen LogP contribution in [0.15, 0.2) is 15.4 Å². The lowest BCUT2D eigenvalue weighted by atomic mass is 10.3. The zero-order valence-corrected chi connectivity index (χ0v) is 11.4. The molecule has 0 atom stereocenters. The number of nitrogens with zero attached hydrogens (tertiary/aromatic N) is 1. The first-order valence-electron chi connectivity index (χ1n) is 4.59. The third kappa shape index (κ3) is 4.15. The Hall–Kier alpha value is -0.520. The van der Waals surface area contributed by atoms with Crippen molar-refractivity contribution in [3.8, 4) is 0 Å². The number of halogens is 1. The Morgan fingerprint density at radius 3 is 2.94 bits per heavy atom. The third-order valence-corrected chi connectivity index (χ3v) is 4.66. The maximum atomic E-state index is 10.6. The first-order chi connectivity index (χ1) is 7.52. The van der Waals surface area contributed by atoms with Crippen LogP contribution in [0.2, 0.25) is 0 Å². The second-order valence-electron chi connectivity index (χ2n) is 3.30. The first kappa shape index (κ1) is 13.5. The molecular weight excluding hydrogens is 266 g/mol. The van der Waals surface area contributed by atoms with Crippen LogP contribution in [0.1, 0.15) is 17.5 Å². The van der Waals surface area contributed by atoms with E-state index in [1.54, 1.807) is 17.3 Å². The van der Waals surface area contributed by atoms with Crippen LogP contribution >= 0.6 is 34.7 Å². The second kappa shape index (κ2) is 6.27. The molecule has 0 saturated heterocycles. The van der Waals surface area contributed by atoms with Crippen molar-refractivity contribution in [3.63, 3.8) is 0 Å². The molecule has 0 saturated carbocycles. The Bertz CT molecular complexity index is 415. The maximum absolute atomic E-state index is 10.6. The van der Waals surface area contributed by atoms with Crippen LogP contribution in [-0.2, 0) is 11.2 Å². The van der Waals surface area contributed by atoms with Gasteiger partial charge in [0.15, 0.2) is 4.34 Å². The zero-order chi connectivity index (χ0) is 12.1. The third-order valence-electron chi connectivity index (χ3n) is 1.79. The van der Waals surface area contributed by atoms with Gasteiger partial charge in [0.2, 0.25) is 0 Å². The van der Waals surface area contributed by atoms with Gasteiger partial charge in [-0.05, 0) is 13.8 Å². The second-order valence-corrected chi connectivity index (χ2v) is 5.83. The number of carbonyl (C=O) groups is 1. The molecule has 0 aliphatic carbocycles. The van der Waals surface area contributed by atoms with Crippen molar-refractivity contribution >= 4 is 40.7 Å². The number of aryl methyl sites for hydroxylation is 1. The Morgan fingerprint density at radius 1 is 1.69 bits per heavy atom. The highest BCUT2D eigenvalue weighted by Gasteiger charge is 2.11. The number of rotatable bonds is 5. The van der Waals surface area contributed by atoms with E-state index in [-0.39, 0.29) is 6.42 Å². The Balaban J connectivity index is 2.65. The van der Waals surface area contributed by atoms with Gasteiger partial charge in [0.25, 0.3) is 0 Å². The summed E-state index contributed by atoms with van der Waals surface area (Å²) in [6, 6.07) is 0. The number of carboxylic acid groups (broad SMARTS) is 1. The fourth-order valence-corrected chi connectivity index (χ4v) is 3.27. The van der Waals surface area contributed by atoms with Crippen molar-refractivity contribution in [1.82, 2.24) is 4.98 Å². The highest BCUT2D eigenvalue weighted by atomic mass is 35.5. The van der Waals surface area contributed by atoms with E-state index in [1.165, 1.54) is 11.3 Å². The summed E-state index contributed by atoms with van der Waals surface area (Å²) >= 11 is 8.57. The predicted octanol–water partition coefficient (Wildman–Crippen LogP) is 3.31. The molecule has 6 heteroatoms. The largest absolute Gasteiger partial charge is 0.481 e. The number of aromatic nitrogens is 1. The van der Waals surface area contributed by atoms with Gasteiger partial charge in [-0.25, -0.2) is 4.98 Å². The Morgan fingerprint density at radius 2 is 2.38 bits per heavy atom. The smallest absolute Gasteiger partial charge is 0.308 e. The first-order valence-corrected chi connectivity index (χ1v) is 6.83. The van der Waals surface area contributed by atoms with Gasteiger partial charge in [-0.1, -0.05) is 28.9 Å². The molecule has 0 fully saturated rings. The van der Waals surface area contributed by atoms with Crippen molar-refractivity contribution in [2.45, 2.75) is 24.6 Å². The number of hydrogen-bond donors (Lipinski definition) is 1. The lowest BCUT2D eigenvalue weighted by molar-refractivity contribution is -0.136. The summed E-state index contributed by atoms with van der Waals surface area (Å²) in [5.41, 5.74) is 3.42. The SMILES string of the molecule is CC(=CCl)CSc1nc(C)c(CC(=O)O)s1. The molecule has 0 aliphatic rings. The fraction of sp³-hybridized carbons (Fsp3) is 0.400. The minimum atomic E-state index is -0.819. The zero-order valence-electron chi connectivity index (χ0n) is 8.99. The standard InChI is InChI=1S/C10H12ClNO2S2/c1-6(4-11)5-15-10-12-7(2)8(16-10)3-9(13)14/h4H,3,5H2,1-2H3,(H,13,14). The van der Waals surface area contributed by atoms with E-state index in [4.69, 9.17) is 16.7 Å². The molecule has 1 aromatic heterocycles. The lowest BCUT2D eigenvalue weighted by Crippen LogP contribution is -1.99. The molecule has 0 radical (unpaired) electrons. The minimum absolute atomic E-state index is 0.0500. The number of hydrogen-bond acceptors (Lipinski definition) is 4. The van der Waals surface area contributed by atoms with E-state index in [1.807, 2.05) is 13.8 Å². The molecule has 0 aromatic carbocycles. The van der Waals surface area contributed by atoms with Crippen LogP contribution < -0.4 is 0 Å². The van der Waals surface area contributed by atoms with Crippen LogP contribution in [-0.4, -0.2) is 21.8 Å². The van der Waals surface area contributed by atoms with Crippen LogP contribution in [0.4, 0.5) is 0 Å². The Kier molecular flexibility index (Phi) is 5.31. The average molecular weight is 278 g/mol. The van der Waals surface area contributed by atoms with Gasteiger partial charge in [-0.15, -0.1) is 11.3 Å². The van der Waals surface area contributed by atoms with E-state index in [9.17, 15) is 4.79 Å². The Labute approximate surface area is 108 Å². The molecule has 0 unspecified atom stereocenters. The van der Waals surface area contributed by atoms with Crippen LogP contribution in [0.3, 0.4) is 0 Å². The average Bonchev–Trinajstić information content (AvgIpc) is 2.55. The molecule has 0 spiro atoms. The van der Waals surface area contributed by atoms with Gasteiger partial charge in [0.05, 0.1) is 12.1 Å². The molecule has 0 amide bonds. The van der Waals surface area contributed by atoms with E-state index in [2.05, 4.69) is 4.98 Å². The van der Waals surface area contributed by atoms with Gasteiger partial charge >= 0.3 is 5.97 Å². The molecule has 1 heterocycles. The van der Waals surface area contributed by atoms with Crippen molar-refractivity contribution in [1.29, 1.82) is 0 Å². The summed E-state index contributed by atoms with van der Waals surface area (Å²) < 4.78 is 0.895. The van der Waals surface area contributed by atoms with Crippen LogP contribution in [0.5, 0.6) is 0 Å². The predicted molar refractivity (Wildman–Crippen MR) is 68.5 cm³/mol. The topological polar surface area (TPSA) is 50.2 Å². The number of thiazole rings is 1. The summed E-state index contributed by atoms with van der Waals surface area (Å²) in [6.45, 7) is 3.78. The van der Waals surface area contributed by atoms with Gasteiger partial charge in [0, 0.05) is 16.2 Å². The number of thioether (sulfide) groups is 1. The van der Waals surface area contributed by atoms with E-state index in [0.717, 1.165) is 26.2 Å². The van der Waals surface area contributed by atoms with Gasteiger partial charge in [-0.2, -0.15) is 0 Å². The number of aliphatic carboxylic acids is 1. The molecule has 1 N–H and O–H groups in total. The molecule has 88 valence electrons. The molecule has 0 aliphatic heterocycles. The lowest BCUT2D eigenvalue weighted by Gasteiger charge is -1.95.